The summed E-state index contributed by atoms with van der Waals surface area (Å²) >= 11 is 0. The molecule has 204 valence electrons. The molecule has 2 atom stereocenters. The Bertz CT molecular complexity index is 1500. The molecule has 0 unspecified atom stereocenters. The van der Waals surface area contributed by atoms with E-state index in [2.05, 4.69) is 15.0 Å². The van der Waals surface area contributed by atoms with E-state index in [-0.39, 0.29) is 10.8 Å². The molecule has 2 heterocycles. The number of nitrogens with zero attached hydrogens (tertiary/aromatic N) is 2. The molecule has 8 nitrogen and oxygen atoms in total. The molecule has 2 aliphatic heterocycles. The molecule has 0 bridgehead atoms. The molecule has 2 aliphatic rings. The van der Waals surface area contributed by atoms with Gasteiger partial charge in [-0.2, -0.15) is 0 Å². The lowest BCUT2D eigenvalue weighted by molar-refractivity contribution is 0.0767. The quantitative estimate of drug-likeness (QED) is 0.416. The first-order valence-corrected chi connectivity index (χ1v) is 14.7. The fourth-order valence-corrected chi connectivity index (χ4v) is 6.36. The van der Waals surface area contributed by atoms with Crippen LogP contribution in [0.15, 0.2) is 82.7 Å². The molecular formula is C30H34N4O4S. The van der Waals surface area contributed by atoms with Crippen LogP contribution in [0.3, 0.4) is 0 Å². The van der Waals surface area contributed by atoms with Gasteiger partial charge in [0.1, 0.15) is 5.84 Å². The second-order valence-electron chi connectivity index (χ2n) is 10.6. The molecule has 0 saturated carbocycles. The predicted octanol–water partition coefficient (Wildman–Crippen LogP) is 3.93. The van der Waals surface area contributed by atoms with Crippen molar-refractivity contribution in [1.82, 2.24) is 9.62 Å². The van der Waals surface area contributed by atoms with Gasteiger partial charge in [-0.3, -0.25) is 14.7 Å². The smallest absolute Gasteiger partial charge is 0.259 e. The van der Waals surface area contributed by atoms with E-state index in [1.54, 1.807) is 47.4 Å². The number of amidine groups is 1. The van der Waals surface area contributed by atoms with Gasteiger partial charge in [-0.05, 0) is 67.3 Å². The Morgan fingerprint density at radius 2 is 1.79 bits per heavy atom. The molecule has 3 aromatic rings. The maximum atomic E-state index is 13.6. The number of sulfonamides is 1. The highest BCUT2D eigenvalue weighted by Gasteiger charge is 2.43. The molecule has 5 rings (SSSR count). The lowest BCUT2D eigenvalue weighted by Crippen LogP contribution is -2.54. The molecule has 0 saturated heterocycles. The Hall–Kier alpha value is -3.53. The molecule has 1 amide bonds. The molecule has 0 aromatic heterocycles. The van der Waals surface area contributed by atoms with Crippen molar-refractivity contribution in [3.8, 4) is 0 Å². The summed E-state index contributed by atoms with van der Waals surface area (Å²) in [5.41, 5.74) is 2.86. The van der Waals surface area contributed by atoms with Crippen LogP contribution in [0, 0.1) is 0 Å². The first-order valence-electron chi connectivity index (χ1n) is 13.2. The van der Waals surface area contributed by atoms with E-state index in [9.17, 15) is 18.3 Å². The number of aliphatic hydroxyl groups is 1. The van der Waals surface area contributed by atoms with Gasteiger partial charge in [0.25, 0.3) is 5.91 Å². The Kier molecular flexibility index (Phi) is 7.33. The summed E-state index contributed by atoms with van der Waals surface area (Å²) in [4.78, 5) is 20.0. The molecule has 0 spiro atoms. The molecule has 39 heavy (non-hydrogen) atoms. The fraction of sp³-hybridized carbons (Fsp3) is 0.333. The maximum Gasteiger partial charge on any atom is 0.259 e. The summed E-state index contributed by atoms with van der Waals surface area (Å²) in [7, 11) is -3.96. The number of aliphatic imine (C=N–C) groups is 1. The second kappa shape index (κ2) is 10.6. The van der Waals surface area contributed by atoms with Crippen molar-refractivity contribution in [2.24, 2.45) is 4.99 Å². The van der Waals surface area contributed by atoms with Gasteiger partial charge in [-0.1, -0.05) is 49.4 Å². The van der Waals surface area contributed by atoms with Crippen molar-refractivity contribution in [3.63, 3.8) is 0 Å². The van der Waals surface area contributed by atoms with Gasteiger partial charge in [-0.15, -0.1) is 0 Å². The summed E-state index contributed by atoms with van der Waals surface area (Å²) in [6.07, 6.45) is 0.251. The van der Waals surface area contributed by atoms with Crippen LogP contribution in [0.1, 0.15) is 53.9 Å². The minimum Gasteiger partial charge on any atom is -0.389 e. The number of rotatable bonds is 7. The average molecular weight is 547 g/mol. The largest absolute Gasteiger partial charge is 0.389 e. The van der Waals surface area contributed by atoms with Crippen LogP contribution >= 0.6 is 0 Å². The third kappa shape index (κ3) is 5.48. The predicted molar refractivity (Wildman–Crippen MR) is 153 cm³/mol. The highest BCUT2D eigenvalue weighted by Crippen LogP contribution is 2.39. The van der Waals surface area contributed by atoms with E-state index >= 15 is 0 Å². The Morgan fingerprint density at radius 3 is 2.49 bits per heavy atom. The number of aliphatic hydroxyl groups excluding tert-OH is 1. The van der Waals surface area contributed by atoms with Crippen LogP contribution in [-0.4, -0.2) is 54.9 Å². The van der Waals surface area contributed by atoms with E-state index in [1.165, 1.54) is 0 Å². The molecule has 0 radical (unpaired) electrons. The molecule has 0 aliphatic carbocycles. The van der Waals surface area contributed by atoms with E-state index in [1.807, 2.05) is 51.1 Å². The summed E-state index contributed by atoms with van der Waals surface area (Å²) in [5.74, 6) is 0.497. The summed E-state index contributed by atoms with van der Waals surface area (Å²) in [5, 5.41) is 14.6. The SMILES string of the molecule is CCc1ccc(S(=O)(=O)N[C@@H]2c3cc(C(=O)N4CCN=C4Cc4ccccc4)ccc3NC(C)(C)[C@H]2O)cc1. The van der Waals surface area contributed by atoms with Crippen molar-refractivity contribution in [3.05, 3.63) is 95.1 Å². The highest BCUT2D eigenvalue weighted by molar-refractivity contribution is 7.89. The molecule has 9 heteroatoms. The first-order chi connectivity index (χ1) is 18.6. The zero-order valence-corrected chi connectivity index (χ0v) is 23.2. The van der Waals surface area contributed by atoms with Crippen molar-refractivity contribution >= 4 is 27.5 Å². The third-order valence-corrected chi connectivity index (χ3v) is 8.91. The fourth-order valence-electron chi connectivity index (χ4n) is 5.14. The Labute approximate surface area is 229 Å². The third-order valence-electron chi connectivity index (χ3n) is 7.45. The lowest BCUT2D eigenvalue weighted by Gasteiger charge is -2.43. The van der Waals surface area contributed by atoms with Crippen molar-refractivity contribution < 1.29 is 18.3 Å². The molecule has 3 N–H and O–H groups in total. The van der Waals surface area contributed by atoms with Gasteiger partial charge in [0.2, 0.25) is 10.0 Å². The van der Waals surface area contributed by atoms with Gasteiger partial charge < -0.3 is 10.4 Å². The van der Waals surface area contributed by atoms with Crippen LogP contribution in [0.5, 0.6) is 0 Å². The van der Waals surface area contributed by atoms with Crippen LogP contribution in [-0.2, 0) is 22.9 Å². The Balaban J connectivity index is 1.45. The van der Waals surface area contributed by atoms with Gasteiger partial charge in [0.05, 0.1) is 29.1 Å². The average Bonchev–Trinajstić information content (AvgIpc) is 3.39. The highest BCUT2D eigenvalue weighted by atomic mass is 32.2. The van der Waals surface area contributed by atoms with E-state index in [4.69, 9.17) is 0 Å². The van der Waals surface area contributed by atoms with E-state index in [0.29, 0.717) is 42.2 Å². The van der Waals surface area contributed by atoms with Crippen molar-refractivity contribution in [1.29, 1.82) is 0 Å². The Morgan fingerprint density at radius 1 is 1.08 bits per heavy atom. The van der Waals surface area contributed by atoms with Gasteiger partial charge in [-0.25, -0.2) is 13.1 Å². The number of fused-ring (bicyclic) bond motifs is 1. The van der Waals surface area contributed by atoms with Crippen LogP contribution in [0.4, 0.5) is 5.69 Å². The van der Waals surface area contributed by atoms with Crippen molar-refractivity contribution in [2.45, 2.75) is 56.2 Å². The zero-order valence-electron chi connectivity index (χ0n) is 22.4. The minimum atomic E-state index is -3.96. The van der Waals surface area contributed by atoms with Gasteiger partial charge in [0, 0.05) is 24.2 Å². The molecule has 3 aromatic carbocycles. The number of carbonyl (C=O) groups is 1. The maximum absolute atomic E-state index is 13.6. The zero-order chi connectivity index (χ0) is 27.8. The number of hydrogen-bond acceptors (Lipinski definition) is 6. The van der Waals surface area contributed by atoms with Crippen LogP contribution in [0.2, 0.25) is 0 Å². The molecular weight excluding hydrogens is 512 g/mol. The second-order valence-corrected chi connectivity index (χ2v) is 12.3. The first kappa shape index (κ1) is 27.1. The van der Waals surface area contributed by atoms with Gasteiger partial charge >= 0.3 is 0 Å². The van der Waals surface area contributed by atoms with Gasteiger partial charge in [0.15, 0.2) is 0 Å². The van der Waals surface area contributed by atoms with Crippen molar-refractivity contribution in [2.75, 3.05) is 18.4 Å². The minimum absolute atomic E-state index is 0.121. The number of anilines is 1. The van der Waals surface area contributed by atoms with Crippen LogP contribution < -0.4 is 10.0 Å². The summed E-state index contributed by atoms with van der Waals surface area (Å²) in [6.45, 7) is 6.65. The monoisotopic (exact) mass is 546 g/mol. The summed E-state index contributed by atoms with van der Waals surface area (Å²) in [6, 6.07) is 20.8. The number of aryl methyl sites for hydroxylation is 1. The molecule has 0 fully saturated rings. The van der Waals surface area contributed by atoms with E-state index < -0.39 is 27.7 Å². The standard InChI is InChI=1S/C30H34N4O4S/c1-4-20-10-13-23(14-11-20)39(37,38)33-27-24-19-22(12-15-25(24)32-30(2,3)28(27)35)29(36)34-17-16-31-26(34)18-21-8-6-5-7-9-21/h5-15,19,27-28,32-33,35H,4,16-18H2,1-3H3/t27-,28+/m1/s1. The number of benzene rings is 3. The normalized spacial score (nSPS) is 20.2. The topological polar surface area (TPSA) is 111 Å². The van der Waals surface area contributed by atoms with Crippen LogP contribution in [0.25, 0.3) is 0 Å². The number of hydrogen-bond donors (Lipinski definition) is 3. The number of nitrogens with one attached hydrogen (secondary N) is 2. The van der Waals surface area contributed by atoms with E-state index in [0.717, 1.165) is 17.5 Å². The lowest BCUT2D eigenvalue weighted by atomic mass is 9.82. The summed E-state index contributed by atoms with van der Waals surface area (Å²) < 4.78 is 29.5. The number of carbonyl (C=O) groups excluding carboxylic acids is 1. The number of amides is 1.